The van der Waals surface area contributed by atoms with Crippen LogP contribution in [-0.4, -0.2) is 17.6 Å². The van der Waals surface area contributed by atoms with Crippen molar-refractivity contribution in [2.45, 2.75) is 51.4 Å². The van der Waals surface area contributed by atoms with E-state index in [9.17, 15) is 4.79 Å². The van der Waals surface area contributed by atoms with Gasteiger partial charge >= 0.3 is 5.97 Å². The topological polar surface area (TPSA) is 39.2 Å². The molecule has 0 amide bonds. The summed E-state index contributed by atoms with van der Waals surface area (Å²) in [5.41, 5.74) is 2.74. The molecule has 0 unspecified atom stereocenters. The summed E-state index contributed by atoms with van der Waals surface area (Å²) in [4.78, 5) is 17.1. The van der Waals surface area contributed by atoms with Gasteiger partial charge in [0.15, 0.2) is 0 Å². The van der Waals surface area contributed by atoms with Crippen LogP contribution in [0.5, 0.6) is 0 Å². The van der Waals surface area contributed by atoms with Crippen molar-refractivity contribution < 1.29 is 9.53 Å². The Bertz CT molecular complexity index is 687. The first-order valence-corrected chi connectivity index (χ1v) is 8.20. The molecule has 1 aromatic carbocycles. The van der Waals surface area contributed by atoms with Gasteiger partial charge in [0.05, 0.1) is 17.5 Å². The molecule has 1 aliphatic rings. The molecule has 0 aliphatic heterocycles. The molecule has 0 bridgehead atoms. The second kappa shape index (κ2) is 6.07. The fourth-order valence-corrected chi connectivity index (χ4v) is 3.57. The zero-order valence-corrected chi connectivity index (χ0v) is 13.4. The van der Waals surface area contributed by atoms with Gasteiger partial charge in [0, 0.05) is 11.6 Å². The number of pyridine rings is 1. The zero-order chi connectivity index (χ0) is 15.6. The number of aryl methyl sites for hydroxylation is 1. The van der Waals surface area contributed by atoms with Gasteiger partial charge in [-0.1, -0.05) is 25.3 Å². The van der Waals surface area contributed by atoms with E-state index in [1.807, 2.05) is 26.1 Å². The van der Waals surface area contributed by atoms with E-state index >= 15 is 0 Å². The number of ether oxygens (including phenoxy) is 1. The molecular formula is C19H23NO2. The summed E-state index contributed by atoms with van der Waals surface area (Å²) in [6.45, 7) is 4.36. The zero-order valence-electron chi connectivity index (χ0n) is 13.4. The highest BCUT2D eigenvalue weighted by Gasteiger charge is 2.42. The first-order chi connectivity index (χ1) is 10.7. The summed E-state index contributed by atoms with van der Waals surface area (Å²) < 4.78 is 5.42. The van der Waals surface area contributed by atoms with Crippen molar-refractivity contribution in [3.05, 3.63) is 41.6 Å². The first kappa shape index (κ1) is 15.0. The monoisotopic (exact) mass is 297 g/mol. The SMILES string of the molecule is CCOC(=O)C1(c2ccc3ncc(C)cc3c2)CCCCC1. The van der Waals surface area contributed by atoms with Gasteiger partial charge in [-0.25, -0.2) is 0 Å². The van der Waals surface area contributed by atoms with E-state index in [4.69, 9.17) is 4.74 Å². The van der Waals surface area contributed by atoms with Crippen molar-refractivity contribution in [2.75, 3.05) is 6.61 Å². The number of hydrogen-bond donors (Lipinski definition) is 0. The lowest BCUT2D eigenvalue weighted by molar-refractivity contribution is -0.151. The maximum absolute atomic E-state index is 12.7. The predicted molar refractivity (Wildman–Crippen MR) is 87.9 cm³/mol. The molecule has 0 atom stereocenters. The smallest absolute Gasteiger partial charge is 0.316 e. The summed E-state index contributed by atoms with van der Waals surface area (Å²) in [5, 5.41) is 1.10. The van der Waals surface area contributed by atoms with E-state index < -0.39 is 5.41 Å². The van der Waals surface area contributed by atoms with Gasteiger partial charge in [-0.3, -0.25) is 9.78 Å². The van der Waals surface area contributed by atoms with Crippen LogP contribution < -0.4 is 0 Å². The average molecular weight is 297 g/mol. The third-order valence-corrected chi connectivity index (χ3v) is 4.74. The van der Waals surface area contributed by atoms with E-state index in [1.165, 1.54) is 6.42 Å². The van der Waals surface area contributed by atoms with Gasteiger partial charge in [-0.2, -0.15) is 0 Å². The second-order valence-corrected chi connectivity index (χ2v) is 6.28. The number of hydrogen-bond acceptors (Lipinski definition) is 3. The second-order valence-electron chi connectivity index (χ2n) is 6.28. The van der Waals surface area contributed by atoms with Crippen molar-refractivity contribution in [2.24, 2.45) is 0 Å². The van der Waals surface area contributed by atoms with Crippen LogP contribution in [0.4, 0.5) is 0 Å². The maximum Gasteiger partial charge on any atom is 0.316 e. The van der Waals surface area contributed by atoms with Crippen molar-refractivity contribution >= 4 is 16.9 Å². The standard InChI is InChI=1S/C19H23NO2/c1-3-22-18(21)19(9-5-4-6-10-19)16-7-8-17-15(12-16)11-14(2)13-20-17/h7-8,11-13H,3-6,9-10H2,1-2H3. The molecular weight excluding hydrogens is 274 g/mol. The van der Waals surface area contributed by atoms with Gasteiger partial charge in [0.25, 0.3) is 0 Å². The molecule has 3 nitrogen and oxygen atoms in total. The number of esters is 1. The van der Waals surface area contributed by atoms with Crippen LogP contribution in [0.25, 0.3) is 10.9 Å². The minimum atomic E-state index is -0.466. The van der Waals surface area contributed by atoms with Crippen LogP contribution in [-0.2, 0) is 14.9 Å². The Hall–Kier alpha value is -1.90. The molecule has 0 spiro atoms. The Kier molecular flexibility index (Phi) is 4.14. The molecule has 0 N–H and O–H groups in total. The Morgan fingerprint density at radius 2 is 2.00 bits per heavy atom. The molecule has 1 heterocycles. The molecule has 2 aromatic rings. The summed E-state index contributed by atoms with van der Waals surface area (Å²) >= 11 is 0. The highest BCUT2D eigenvalue weighted by Crippen LogP contribution is 2.41. The molecule has 3 heteroatoms. The molecule has 3 rings (SSSR count). The minimum absolute atomic E-state index is 0.0605. The fourth-order valence-electron chi connectivity index (χ4n) is 3.57. The van der Waals surface area contributed by atoms with Gasteiger partial charge < -0.3 is 4.74 Å². The number of rotatable bonds is 3. The lowest BCUT2D eigenvalue weighted by atomic mass is 9.69. The molecule has 0 radical (unpaired) electrons. The first-order valence-electron chi connectivity index (χ1n) is 8.20. The van der Waals surface area contributed by atoms with Gasteiger partial charge in [-0.15, -0.1) is 0 Å². The summed E-state index contributed by atoms with van der Waals surface area (Å²) in [5.74, 6) is -0.0605. The van der Waals surface area contributed by atoms with E-state index in [1.54, 1.807) is 0 Å². The van der Waals surface area contributed by atoms with Crippen molar-refractivity contribution in [1.82, 2.24) is 4.98 Å². The Balaban J connectivity index is 2.09. The van der Waals surface area contributed by atoms with Crippen molar-refractivity contribution in [3.8, 4) is 0 Å². The van der Waals surface area contributed by atoms with Gasteiger partial charge in [0.2, 0.25) is 0 Å². The number of carbonyl (C=O) groups is 1. The Morgan fingerprint density at radius 3 is 2.73 bits per heavy atom. The van der Waals surface area contributed by atoms with Crippen LogP contribution in [0.2, 0.25) is 0 Å². The molecule has 22 heavy (non-hydrogen) atoms. The largest absolute Gasteiger partial charge is 0.465 e. The van der Waals surface area contributed by atoms with E-state index in [0.29, 0.717) is 6.61 Å². The minimum Gasteiger partial charge on any atom is -0.465 e. The quantitative estimate of drug-likeness (QED) is 0.793. The molecule has 1 saturated carbocycles. The van der Waals surface area contributed by atoms with Crippen molar-refractivity contribution in [3.63, 3.8) is 0 Å². The van der Waals surface area contributed by atoms with E-state index in [-0.39, 0.29) is 5.97 Å². The van der Waals surface area contributed by atoms with Gasteiger partial charge in [-0.05, 0) is 56.0 Å². The molecule has 116 valence electrons. The maximum atomic E-state index is 12.7. The van der Waals surface area contributed by atoms with Gasteiger partial charge in [0.1, 0.15) is 0 Å². The summed E-state index contributed by atoms with van der Waals surface area (Å²) in [6, 6.07) is 8.36. The fraction of sp³-hybridized carbons (Fsp3) is 0.474. The van der Waals surface area contributed by atoms with Crippen LogP contribution >= 0.6 is 0 Å². The molecule has 1 fully saturated rings. The molecule has 0 saturated heterocycles. The number of aromatic nitrogens is 1. The molecule has 1 aliphatic carbocycles. The Labute approximate surface area is 131 Å². The van der Waals surface area contributed by atoms with Crippen LogP contribution in [0, 0.1) is 6.92 Å². The highest BCUT2D eigenvalue weighted by atomic mass is 16.5. The lowest BCUT2D eigenvalue weighted by Crippen LogP contribution is -2.39. The van der Waals surface area contributed by atoms with Crippen molar-refractivity contribution in [1.29, 1.82) is 0 Å². The average Bonchev–Trinajstić information content (AvgIpc) is 2.55. The van der Waals surface area contributed by atoms with E-state index in [2.05, 4.69) is 23.2 Å². The number of fused-ring (bicyclic) bond motifs is 1. The molecule has 1 aromatic heterocycles. The third kappa shape index (κ3) is 2.60. The Morgan fingerprint density at radius 1 is 1.23 bits per heavy atom. The summed E-state index contributed by atoms with van der Waals surface area (Å²) in [7, 11) is 0. The van der Waals surface area contributed by atoms with Crippen LogP contribution in [0.1, 0.15) is 50.2 Å². The number of carbonyl (C=O) groups excluding carboxylic acids is 1. The van der Waals surface area contributed by atoms with E-state index in [0.717, 1.165) is 47.7 Å². The number of nitrogens with zero attached hydrogens (tertiary/aromatic N) is 1. The van der Waals surface area contributed by atoms with Crippen LogP contribution in [0.15, 0.2) is 30.5 Å². The number of benzene rings is 1. The third-order valence-electron chi connectivity index (χ3n) is 4.74. The normalized spacial score (nSPS) is 17.4. The predicted octanol–water partition coefficient (Wildman–Crippen LogP) is 4.31. The highest BCUT2D eigenvalue weighted by molar-refractivity contribution is 5.87. The summed E-state index contributed by atoms with van der Waals surface area (Å²) in [6.07, 6.45) is 7.03. The lowest BCUT2D eigenvalue weighted by Gasteiger charge is -2.35. The van der Waals surface area contributed by atoms with Crippen LogP contribution in [0.3, 0.4) is 0 Å².